The number of halogens is 1. The number of hydrogen-bond donors (Lipinski definition) is 0. The molecule has 4 nitrogen and oxygen atoms in total. The molecule has 0 saturated carbocycles. The molecule has 0 spiro atoms. The summed E-state index contributed by atoms with van der Waals surface area (Å²) in [4.78, 5) is 27.0. The monoisotopic (exact) mass is 308 g/mol. The minimum Gasteiger partial charge on any atom is -0.340 e. The number of hydrogen-bond acceptors (Lipinski definition) is 3. The average molecular weight is 309 g/mol. The Labute approximate surface area is 130 Å². The van der Waals surface area contributed by atoms with Gasteiger partial charge in [0, 0.05) is 18.6 Å². The van der Waals surface area contributed by atoms with Crippen molar-refractivity contribution in [3.05, 3.63) is 34.9 Å². The second-order valence-corrected chi connectivity index (χ2v) is 5.99. The molecular weight excluding hydrogens is 288 g/mol. The molecule has 1 atom stereocenters. The molecule has 0 bridgehead atoms. The maximum atomic E-state index is 12.3. The Kier molecular flexibility index (Phi) is 5.76. The van der Waals surface area contributed by atoms with E-state index in [9.17, 15) is 9.59 Å². The zero-order chi connectivity index (χ0) is 15.2. The van der Waals surface area contributed by atoms with Crippen molar-refractivity contribution in [3.63, 3.8) is 0 Å². The molecule has 0 aliphatic carbocycles. The Balaban J connectivity index is 1.91. The van der Waals surface area contributed by atoms with E-state index in [4.69, 9.17) is 11.6 Å². The molecule has 1 aliphatic heterocycles. The number of likely N-dealkylation sites (tertiary alicyclic amines) is 1. The summed E-state index contributed by atoms with van der Waals surface area (Å²) in [6.07, 6.45) is 3.93. The summed E-state index contributed by atoms with van der Waals surface area (Å²) < 4.78 is 0. The maximum Gasteiger partial charge on any atom is 0.236 e. The van der Waals surface area contributed by atoms with Crippen molar-refractivity contribution in [2.45, 2.75) is 31.8 Å². The molecule has 0 aromatic heterocycles. The first-order valence-corrected chi connectivity index (χ1v) is 7.65. The minimum absolute atomic E-state index is 0.0312. The van der Waals surface area contributed by atoms with Gasteiger partial charge in [-0.15, -0.1) is 0 Å². The van der Waals surface area contributed by atoms with Gasteiger partial charge >= 0.3 is 0 Å². The van der Waals surface area contributed by atoms with Crippen molar-refractivity contribution in [1.29, 1.82) is 0 Å². The molecule has 0 radical (unpaired) electrons. The molecule has 1 unspecified atom stereocenters. The Morgan fingerprint density at radius 1 is 1.48 bits per heavy atom. The second-order valence-electron chi connectivity index (χ2n) is 5.55. The number of carbonyl (C=O) groups excluding carboxylic acids is 2. The van der Waals surface area contributed by atoms with Crippen LogP contribution in [-0.2, 0) is 16.1 Å². The van der Waals surface area contributed by atoms with Gasteiger partial charge in [0.1, 0.15) is 6.29 Å². The molecule has 1 aromatic carbocycles. The molecule has 1 saturated heterocycles. The van der Waals surface area contributed by atoms with E-state index in [2.05, 4.69) is 0 Å². The number of carbonyl (C=O) groups is 2. The number of benzene rings is 1. The van der Waals surface area contributed by atoms with Crippen molar-refractivity contribution in [3.8, 4) is 0 Å². The van der Waals surface area contributed by atoms with Gasteiger partial charge in [0.15, 0.2) is 0 Å². The predicted molar refractivity (Wildman–Crippen MR) is 83.2 cm³/mol. The number of amides is 1. The molecule has 1 aromatic rings. The van der Waals surface area contributed by atoms with E-state index >= 15 is 0 Å². The van der Waals surface area contributed by atoms with Crippen LogP contribution in [0.5, 0.6) is 0 Å². The van der Waals surface area contributed by atoms with Gasteiger partial charge in [-0.25, -0.2) is 0 Å². The number of rotatable bonds is 5. The first-order chi connectivity index (χ1) is 10.1. The summed E-state index contributed by atoms with van der Waals surface area (Å²) in [7, 11) is 1.78. The van der Waals surface area contributed by atoms with E-state index in [0.29, 0.717) is 18.1 Å². The highest BCUT2D eigenvalue weighted by molar-refractivity contribution is 6.30. The van der Waals surface area contributed by atoms with Gasteiger partial charge in [0.2, 0.25) is 5.91 Å². The van der Waals surface area contributed by atoms with Gasteiger partial charge in [0.05, 0.1) is 12.6 Å². The smallest absolute Gasteiger partial charge is 0.236 e. The van der Waals surface area contributed by atoms with Gasteiger partial charge in [-0.2, -0.15) is 0 Å². The van der Waals surface area contributed by atoms with Crippen LogP contribution < -0.4 is 0 Å². The zero-order valence-electron chi connectivity index (χ0n) is 12.3. The molecule has 1 heterocycles. The predicted octanol–water partition coefficient (Wildman–Crippen LogP) is 2.35. The highest BCUT2D eigenvalue weighted by Crippen LogP contribution is 2.16. The third-order valence-corrected chi connectivity index (χ3v) is 4.13. The SMILES string of the molecule is CN(Cc1cccc(Cl)c1)C(=O)CN1CCCCC1C=O. The summed E-state index contributed by atoms with van der Waals surface area (Å²) >= 11 is 5.95. The fourth-order valence-electron chi connectivity index (χ4n) is 2.66. The van der Waals surface area contributed by atoms with Crippen LogP contribution in [0.3, 0.4) is 0 Å². The minimum atomic E-state index is -0.109. The second kappa shape index (κ2) is 7.57. The van der Waals surface area contributed by atoms with Crippen molar-refractivity contribution >= 4 is 23.8 Å². The molecule has 114 valence electrons. The molecule has 1 amide bonds. The maximum absolute atomic E-state index is 12.3. The third kappa shape index (κ3) is 4.55. The van der Waals surface area contributed by atoms with Crippen LogP contribution in [0.15, 0.2) is 24.3 Å². The van der Waals surface area contributed by atoms with Crippen LogP contribution in [0, 0.1) is 0 Å². The standard InChI is InChI=1S/C16H21ClN2O2/c1-18(10-13-5-4-6-14(17)9-13)16(21)11-19-8-3-2-7-15(19)12-20/h4-6,9,12,15H,2-3,7-8,10-11H2,1H3. The Morgan fingerprint density at radius 2 is 2.29 bits per heavy atom. The van der Waals surface area contributed by atoms with E-state index in [1.54, 1.807) is 11.9 Å². The van der Waals surface area contributed by atoms with E-state index in [-0.39, 0.29) is 11.9 Å². The fraction of sp³-hybridized carbons (Fsp3) is 0.500. The molecular formula is C16H21ClN2O2. The van der Waals surface area contributed by atoms with Crippen LogP contribution in [0.2, 0.25) is 5.02 Å². The van der Waals surface area contributed by atoms with E-state index in [1.807, 2.05) is 29.2 Å². The van der Waals surface area contributed by atoms with Crippen molar-refractivity contribution in [2.24, 2.45) is 0 Å². The van der Waals surface area contributed by atoms with E-state index < -0.39 is 0 Å². The van der Waals surface area contributed by atoms with Gasteiger partial charge in [-0.05, 0) is 37.1 Å². The average Bonchev–Trinajstić information content (AvgIpc) is 2.47. The lowest BCUT2D eigenvalue weighted by molar-refractivity contribution is -0.133. The number of likely N-dealkylation sites (N-methyl/N-ethyl adjacent to an activating group) is 1. The quantitative estimate of drug-likeness (QED) is 0.784. The summed E-state index contributed by atoms with van der Waals surface area (Å²) in [5, 5.41) is 0.672. The van der Waals surface area contributed by atoms with Crippen LogP contribution >= 0.6 is 11.6 Å². The number of aldehydes is 1. The number of nitrogens with zero attached hydrogens (tertiary/aromatic N) is 2. The summed E-state index contributed by atoms with van der Waals surface area (Å²) in [6, 6.07) is 7.39. The third-order valence-electron chi connectivity index (χ3n) is 3.89. The highest BCUT2D eigenvalue weighted by Gasteiger charge is 2.24. The lowest BCUT2D eigenvalue weighted by Crippen LogP contribution is -2.46. The first-order valence-electron chi connectivity index (χ1n) is 7.28. The lowest BCUT2D eigenvalue weighted by atomic mass is 10.0. The lowest BCUT2D eigenvalue weighted by Gasteiger charge is -2.32. The normalized spacial score (nSPS) is 19.2. The Bertz CT molecular complexity index is 507. The molecule has 1 aliphatic rings. The van der Waals surface area contributed by atoms with Gasteiger partial charge in [0.25, 0.3) is 0 Å². The molecule has 0 N–H and O–H groups in total. The van der Waals surface area contributed by atoms with Gasteiger partial charge in [-0.1, -0.05) is 30.2 Å². The largest absolute Gasteiger partial charge is 0.340 e. The Hall–Kier alpha value is -1.39. The topological polar surface area (TPSA) is 40.6 Å². The van der Waals surface area contributed by atoms with Crippen molar-refractivity contribution < 1.29 is 9.59 Å². The van der Waals surface area contributed by atoms with Gasteiger partial charge in [-0.3, -0.25) is 9.69 Å². The zero-order valence-corrected chi connectivity index (χ0v) is 13.1. The molecule has 2 rings (SSSR count). The Morgan fingerprint density at radius 3 is 3.00 bits per heavy atom. The van der Waals surface area contributed by atoms with Crippen LogP contribution in [0.25, 0.3) is 0 Å². The number of piperidine rings is 1. The van der Waals surface area contributed by atoms with E-state index in [1.165, 1.54) is 0 Å². The fourth-order valence-corrected chi connectivity index (χ4v) is 2.87. The van der Waals surface area contributed by atoms with Crippen LogP contribution in [0.4, 0.5) is 0 Å². The van der Waals surface area contributed by atoms with Crippen LogP contribution in [-0.4, -0.2) is 48.2 Å². The van der Waals surface area contributed by atoms with Crippen molar-refractivity contribution in [2.75, 3.05) is 20.1 Å². The molecule has 5 heteroatoms. The molecule has 1 fully saturated rings. The van der Waals surface area contributed by atoms with E-state index in [0.717, 1.165) is 37.7 Å². The highest BCUT2D eigenvalue weighted by atomic mass is 35.5. The van der Waals surface area contributed by atoms with Crippen molar-refractivity contribution in [1.82, 2.24) is 9.80 Å². The summed E-state index contributed by atoms with van der Waals surface area (Å²) in [5.41, 5.74) is 1.00. The first kappa shape index (κ1) is 16.0. The molecule has 21 heavy (non-hydrogen) atoms. The summed E-state index contributed by atoms with van der Waals surface area (Å²) in [5.74, 6) is 0.0312. The summed E-state index contributed by atoms with van der Waals surface area (Å²) in [6.45, 7) is 1.65. The van der Waals surface area contributed by atoms with Gasteiger partial charge < -0.3 is 9.69 Å². The van der Waals surface area contributed by atoms with Crippen LogP contribution in [0.1, 0.15) is 24.8 Å².